The van der Waals surface area contributed by atoms with Gasteiger partial charge in [-0.15, -0.1) is 0 Å². The Morgan fingerprint density at radius 2 is 1.71 bits per heavy atom. The van der Waals surface area contributed by atoms with Crippen molar-refractivity contribution in [3.05, 3.63) is 75.5 Å². The first kappa shape index (κ1) is 35.4. The van der Waals surface area contributed by atoms with Crippen molar-refractivity contribution in [1.29, 1.82) is 0 Å². The van der Waals surface area contributed by atoms with Gasteiger partial charge in [-0.2, -0.15) is 8.78 Å². The second-order valence-electron chi connectivity index (χ2n) is 11.6. The van der Waals surface area contributed by atoms with Crippen LogP contribution < -0.4 is 14.2 Å². The third-order valence-electron chi connectivity index (χ3n) is 7.65. The van der Waals surface area contributed by atoms with E-state index in [0.29, 0.717) is 29.4 Å². The summed E-state index contributed by atoms with van der Waals surface area (Å²) in [4.78, 5) is 29.8. The van der Waals surface area contributed by atoms with Gasteiger partial charge in [0.2, 0.25) is 10.0 Å². The topological polar surface area (TPSA) is 150 Å². The van der Waals surface area contributed by atoms with Gasteiger partial charge in [0, 0.05) is 24.5 Å². The molecule has 2 saturated carbocycles. The highest BCUT2D eigenvalue weighted by Gasteiger charge is 2.27. The van der Waals surface area contributed by atoms with Crippen molar-refractivity contribution < 1.29 is 50.8 Å². The van der Waals surface area contributed by atoms with E-state index in [0.717, 1.165) is 37.8 Å². The minimum absolute atomic E-state index is 0.0117. The second-order valence-corrected chi connectivity index (χ2v) is 14.2. The fraction of sp³-hybridized carbons (Fsp3) is 0.406. The van der Waals surface area contributed by atoms with Crippen molar-refractivity contribution in [3.8, 4) is 17.2 Å². The number of pyridine rings is 1. The molecule has 16 heteroatoms. The molecule has 2 aliphatic carbocycles. The summed E-state index contributed by atoms with van der Waals surface area (Å²) in [5.41, 5.74) is 0.329. The average Bonchev–Trinajstić information content (AvgIpc) is 3.96. The molecule has 0 unspecified atom stereocenters. The van der Waals surface area contributed by atoms with E-state index in [1.165, 1.54) is 36.7 Å². The summed E-state index contributed by atoms with van der Waals surface area (Å²) in [7, 11) is -3.69. The Kier molecular flexibility index (Phi) is 11.5. The molecule has 0 bridgehead atoms. The number of benzene rings is 2. The van der Waals surface area contributed by atoms with Crippen LogP contribution in [-0.2, 0) is 30.7 Å². The van der Waals surface area contributed by atoms with Gasteiger partial charge in [0.05, 0.1) is 22.4 Å². The van der Waals surface area contributed by atoms with E-state index < -0.39 is 47.0 Å². The third kappa shape index (κ3) is 10.3. The number of aromatic hydroxyl groups is 1. The Morgan fingerprint density at radius 1 is 1.00 bits per heavy atom. The molecule has 5 rings (SSSR count). The molecule has 2 N–H and O–H groups in total. The van der Waals surface area contributed by atoms with E-state index in [9.17, 15) is 31.9 Å². The van der Waals surface area contributed by atoms with E-state index >= 15 is 0 Å². The Labute approximate surface area is 285 Å². The fourth-order valence-corrected chi connectivity index (χ4v) is 6.44. The zero-order chi connectivity index (χ0) is 34.4. The zero-order valence-electron chi connectivity index (χ0n) is 25.4. The van der Waals surface area contributed by atoms with Gasteiger partial charge in [0.25, 0.3) is 0 Å². The molecule has 1 aromatic heterocycles. The number of carbonyl (C=O) groups excluding carboxylic acids is 2. The Bertz CT molecular complexity index is 1740. The summed E-state index contributed by atoms with van der Waals surface area (Å²) < 4.78 is 74.6. The summed E-state index contributed by atoms with van der Waals surface area (Å²) >= 11 is 12.6. The van der Waals surface area contributed by atoms with Gasteiger partial charge in [-0.3, -0.25) is 9.71 Å². The minimum Gasteiger partial charge on any atom is -0.507 e. The van der Waals surface area contributed by atoms with Gasteiger partial charge in [0.15, 0.2) is 18.1 Å². The highest BCUT2D eigenvalue weighted by Crippen LogP contribution is 2.38. The Morgan fingerprint density at radius 3 is 2.38 bits per heavy atom. The van der Waals surface area contributed by atoms with Crippen LogP contribution in [0.5, 0.6) is 17.2 Å². The zero-order valence-corrected chi connectivity index (χ0v) is 27.7. The number of ether oxygens (including phenoxy) is 4. The highest BCUT2D eigenvalue weighted by atomic mass is 35.5. The monoisotopic (exact) mass is 728 g/mol. The second kappa shape index (κ2) is 15.6. The van der Waals surface area contributed by atoms with Crippen LogP contribution in [0.1, 0.15) is 59.7 Å². The number of alkyl halides is 2. The molecule has 0 radical (unpaired) electrons. The number of hydrogen-bond acceptors (Lipinski definition) is 10. The lowest BCUT2D eigenvalue weighted by atomic mass is 10.0. The fourth-order valence-electron chi connectivity index (χ4n) is 4.69. The molecular formula is C32H32Cl2F2N2O9S. The molecule has 2 aromatic carbocycles. The number of carbonyl (C=O) groups is 2. The highest BCUT2D eigenvalue weighted by molar-refractivity contribution is 7.92. The van der Waals surface area contributed by atoms with Crippen molar-refractivity contribution >= 4 is 50.9 Å². The van der Waals surface area contributed by atoms with Crippen LogP contribution in [-0.4, -0.2) is 56.0 Å². The quantitative estimate of drug-likeness (QED) is 0.113. The molecule has 258 valence electrons. The summed E-state index contributed by atoms with van der Waals surface area (Å²) in [5, 5.41) is 10.6. The van der Waals surface area contributed by atoms with E-state index in [1.807, 2.05) is 0 Å². The molecule has 0 aliphatic heterocycles. The molecule has 11 nitrogen and oxygen atoms in total. The number of nitrogens with zero attached hydrogens (tertiary/aromatic N) is 1. The number of esters is 2. The number of halogens is 4. The summed E-state index contributed by atoms with van der Waals surface area (Å²) in [5.74, 6) is -2.23. The van der Waals surface area contributed by atoms with E-state index in [-0.39, 0.29) is 51.6 Å². The van der Waals surface area contributed by atoms with E-state index in [2.05, 4.69) is 14.4 Å². The van der Waals surface area contributed by atoms with Gasteiger partial charge in [-0.25, -0.2) is 18.0 Å². The smallest absolute Gasteiger partial charge is 0.387 e. The van der Waals surface area contributed by atoms with Crippen molar-refractivity contribution in [2.24, 2.45) is 11.8 Å². The molecule has 1 heterocycles. The van der Waals surface area contributed by atoms with Gasteiger partial charge in [-0.1, -0.05) is 42.1 Å². The van der Waals surface area contributed by atoms with Crippen molar-refractivity contribution in [3.63, 3.8) is 0 Å². The molecule has 1 atom stereocenters. The molecule has 0 spiro atoms. The summed E-state index contributed by atoms with van der Waals surface area (Å²) in [6.07, 6.45) is 5.89. The standard InChI is InChI=1S/C32H32Cl2F2N2O9S/c33-24-14-37-15-25(34)22(24)13-28(20-5-8-27(47-32(35)36)29(11-20)44-16-19-3-4-19)46-30(40)17-45-31(41)23-12-21(6-7-26(23)39)38-48(42,43)10-9-18-1-2-18/h5-8,11-12,14-15,18-19,28,32,38-39H,1-4,9-10,13,16-17H2/t28-/m0/s1. The van der Waals surface area contributed by atoms with Crippen LogP contribution in [0.4, 0.5) is 14.5 Å². The third-order valence-corrected chi connectivity index (χ3v) is 9.62. The lowest BCUT2D eigenvalue weighted by Crippen LogP contribution is -2.21. The van der Waals surface area contributed by atoms with E-state index in [1.54, 1.807) is 0 Å². The normalized spacial score (nSPS) is 15.1. The first-order chi connectivity index (χ1) is 22.9. The molecular weight excluding hydrogens is 697 g/mol. The summed E-state index contributed by atoms with van der Waals surface area (Å²) in [6, 6.07) is 7.58. The average molecular weight is 730 g/mol. The first-order valence-corrected chi connectivity index (χ1v) is 17.5. The number of phenolic OH excluding ortho intramolecular Hbond substituents is 1. The number of phenols is 1. The van der Waals surface area contributed by atoms with Gasteiger partial charge < -0.3 is 24.1 Å². The van der Waals surface area contributed by atoms with E-state index in [4.69, 9.17) is 37.4 Å². The predicted octanol–water partition coefficient (Wildman–Crippen LogP) is 6.71. The minimum atomic E-state index is -3.69. The van der Waals surface area contributed by atoms with Crippen LogP contribution in [0.2, 0.25) is 10.0 Å². The number of anilines is 1. The predicted molar refractivity (Wildman–Crippen MR) is 171 cm³/mol. The van der Waals surface area contributed by atoms with Crippen LogP contribution in [0, 0.1) is 11.8 Å². The lowest BCUT2D eigenvalue weighted by molar-refractivity contribution is -0.153. The van der Waals surface area contributed by atoms with Crippen LogP contribution >= 0.6 is 23.2 Å². The molecule has 48 heavy (non-hydrogen) atoms. The van der Waals surface area contributed by atoms with Gasteiger partial charge in [0.1, 0.15) is 17.4 Å². The van der Waals surface area contributed by atoms with Gasteiger partial charge in [-0.05, 0) is 72.6 Å². The molecule has 2 fully saturated rings. The maximum Gasteiger partial charge on any atom is 0.387 e. The summed E-state index contributed by atoms with van der Waals surface area (Å²) in [6.45, 7) is -3.73. The molecule has 0 saturated heterocycles. The Hall–Kier alpha value is -3.88. The molecule has 3 aromatic rings. The Balaban J connectivity index is 1.30. The number of hydrogen-bond donors (Lipinski definition) is 2. The maximum absolute atomic E-state index is 13.1. The SMILES string of the molecule is O=C(COC(=O)c1cc(NS(=O)(=O)CCC2CC2)ccc1O)O[C@@H](Cc1c(Cl)cncc1Cl)c1ccc(OC(F)F)c(OCC2CC2)c1. The van der Waals surface area contributed by atoms with Gasteiger partial charge >= 0.3 is 18.6 Å². The van der Waals surface area contributed by atoms with Crippen LogP contribution in [0.15, 0.2) is 48.8 Å². The lowest BCUT2D eigenvalue weighted by Gasteiger charge is -2.21. The van der Waals surface area contributed by atoms with Crippen LogP contribution in [0.25, 0.3) is 0 Å². The van der Waals surface area contributed by atoms with Crippen molar-refractivity contribution in [2.75, 3.05) is 23.7 Å². The number of sulfonamides is 1. The number of nitrogens with one attached hydrogen (secondary N) is 1. The molecule has 2 aliphatic rings. The van der Waals surface area contributed by atoms with Crippen LogP contribution in [0.3, 0.4) is 0 Å². The largest absolute Gasteiger partial charge is 0.507 e. The van der Waals surface area contributed by atoms with Crippen molar-refractivity contribution in [2.45, 2.75) is 51.2 Å². The molecule has 0 amide bonds. The maximum atomic E-state index is 13.1. The first-order valence-electron chi connectivity index (χ1n) is 15.1. The number of aromatic nitrogens is 1. The number of rotatable bonds is 17. The van der Waals surface area contributed by atoms with Crippen molar-refractivity contribution in [1.82, 2.24) is 4.98 Å².